The molecule has 90 valence electrons. The molecule has 2 rings (SSSR count). The zero-order valence-corrected chi connectivity index (χ0v) is 11.4. The summed E-state index contributed by atoms with van der Waals surface area (Å²) in [4.78, 5) is 3.46. The highest BCUT2D eigenvalue weighted by molar-refractivity contribution is 7.10. The molecule has 0 fully saturated rings. The van der Waals surface area contributed by atoms with Crippen LogP contribution in [0.15, 0.2) is 35.7 Å². The van der Waals surface area contributed by atoms with Crippen LogP contribution in [0, 0.1) is 0 Å². The molecule has 0 bridgehead atoms. The van der Waals surface area contributed by atoms with Gasteiger partial charge >= 0.3 is 0 Å². The molecule has 1 aromatic carbocycles. The molecule has 0 aliphatic rings. The number of thiophene rings is 1. The SMILES string of the molecule is CC(c1cccs1)N(C)c1cc(Cl)ccc1N. The van der Waals surface area contributed by atoms with Gasteiger partial charge in [-0.15, -0.1) is 11.3 Å². The van der Waals surface area contributed by atoms with E-state index in [4.69, 9.17) is 17.3 Å². The molecule has 2 aromatic rings. The minimum Gasteiger partial charge on any atom is -0.397 e. The third-order valence-corrected chi connectivity index (χ3v) is 4.19. The van der Waals surface area contributed by atoms with Crippen LogP contribution >= 0.6 is 22.9 Å². The average Bonchev–Trinajstić information content (AvgIpc) is 2.84. The van der Waals surface area contributed by atoms with Crippen LogP contribution in [0.5, 0.6) is 0 Å². The average molecular weight is 267 g/mol. The molecule has 17 heavy (non-hydrogen) atoms. The second kappa shape index (κ2) is 4.98. The first-order valence-corrected chi connectivity index (χ1v) is 6.66. The number of hydrogen-bond acceptors (Lipinski definition) is 3. The highest BCUT2D eigenvalue weighted by Crippen LogP contribution is 2.33. The van der Waals surface area contributed by atoms with Crippen molar-refractivity contribution in [3.63, 3.8) is 0 Å². The van der Waals surface area contributed by atoms with Crippen LogP contribution in [0.2, 0.25) is 5.02 Å². The molecule has 0 saturated carbocycles. The van der Waals surface area contributed by atoms with Gasteiger partial charge in [-0.2, -0.15) is 0 Å². The maximum absolute atomic E-state index is 6.01. The standard InChI is InChI=1S/C13H15ClN2S/c1-9(13-4-3-7-17-13)16(2)12-8-10(14)5-6-11(12)15/h3-9H,15H2,1-2H3. The Balaban J connectivity index is 2.30. The van der Waals surface area contributed by atoms with Crippen molar-refractivity contribution >= 4 is 34.3 Å². The Labute approximate surface area is 111 Å². The number of nitrogens with two attached hydrogens (primary N) is 1. The summed E-state index contributed by atoms with van der Waals surface area (Å²) >= 11 is 7.76. The Bertz CT molecular complexity index is 496. The van der Waals surface area contributed by atoms with Crippen LogP contribution in [0.25, 0.3) is 0 Å². The van der Waals surface area contributed by atoms with Crippen LogP contribution < -0.4 is 10.6 Å². The summed E-state index contributed by atoms with van der Waals surface area (Å²) < 4.78 is 0. The van der Waals surface area contributed by atoms with Crippen molar-refractivity contribution in [1.82, 2.24) is 0 Å². The van der Waals surface area contributed by atoms with Crippen LogP contribution in [-0.2, 0) is 0 Å². The number of rotatable bonds is 3. The highest BCUT2D eigenvalue weighted by atomic mass is 35.5. The van der Waals surface area contributed by atoms with Crippen LogP contribution in [0.3, 0.4) is 0 Å². The first-order chi connectivity index (χ1) is 8.09. The second-order valence-electron chi connectivity index (χ2n) is 4.01. The summed E-state index contributed by atoms with van der Waals surface area (Å²) in [5.74, 6) is 0. The van der Waals surface area contributed by atoms with Gasteiger partial charge in [0.2, 0.25) is 0 Å². The zero-order valence-electron chi connectivity index (χ0n) is 9.85. The fraction of sp³-hybridized carbons (Fsp3) is 0.231. The number of nitrogen functional groups attached to an aromatic ring is 1. The maximum atomic E-state index is 6.01. The molecule has 1 atom stereocenters. The second-order valence-corrected chi connectivity index (χ2v) is 5.42. The molecule has 2 N–H and O–H groups in total. The number of hydrogen-bond donors (Lipinski definition) is 1. The molecule has 1 unspecified atom stereocenters. The Morgan fingerprint density at radius 1 is 1.35 bits per heavy atom. The predicted octanol–water partition coefficient (Wildman–Crippen LogP) is 4.18. The lowest BCUT2D eigenvalue weighted by Crippen LogP contribution is -2.21. The normalized spacial score (nSPS) is 12.4. The lowest BCUT2D eigenvalue weighted by Gasteiger charge is -2.27. The molecule has 0 radical (unpaired) electrons. The first kappa shape index (κ1) is 12.3. The lowest BCUT2D eigenvalue weighted by molar-refractivity contribution is 0.755. The number of anilines is 2. The summed E-state index contributed by atoms with van der Waals surface area (Å²) in [6.07, 6.45) is 0. The van der Waals surface area contributed by atoms with Crippen molar-refractivity contribution in [3.05, 3.63) is 45.6 Å². The lowest BCUT2D eigenvalue weighted by atomic mass is 10.2. The topological polar surface area (TPSA) is 29.3 Å². The van der Waals surface area contributed by atoms with Gasteiger partial charge in [0.1, 0.15) is 0 Å². The van der Waals surface area contributed by atoms with Gasteiger partial charge in [-0.25, -0.2) is 0 Å². The molecule has 0 saturated heterocycles. The third-order valence-electron chi connectivity index (χ3n) is 2.91. The molecule has 0 aliphatic carbocycles. The smallest absolute Gasteiger partial charge is 0.0617 e. The number of halogens is 1. The van der Waals surface area contributed by atoms with E-state index >= 15 is 0 Å². The summed E-state index contributed by atoms with van der Waals surface area (Å²) in [6, 6.07) is 10.0. The van der Waals surface area contributed by atoms with Gasteiger partial charge in [-0.05, 0) is 36.6 Å². The Morgan fingerprint density at radius 2 is 2.12 bits per heavy atom. The van der Waals surface area contributed by atoms with Crippen molar-refractivity contribution in [2.45, 2.75) is 13.0 Å². The van der Waals surface area contributed by atoms with Crippen LogP contribution in [0.1, 0.15) is 17.8 Å². The third kappa shape index (κ3) is 2.56. The van der Waals surface area contributed by atoms with E-state index in [9.17, 15) is 0 Å². The maximum Gasteiger partial charge on any atom is 0.0617 e. The van der Waals surface area contributed by atoms with Crippen LogP contribution in [0.4, 0.5) is 11.4 Å². The summed E-state index contributed by atoms with van der Waals surface area (Å²) in [6.45, 7) is 2.16. The van der Waals surface area contributed by atoms with E-state index in [1.54, 1.807) is 11.3 Å². The van der Waals surface area contributed by atoms with E-state index in [0.29, 0.717) is 5.02 Å². The molecule has 1 heterocycles. The molecule has 4 heteroatoms. The number of nitrogens with zero attached hydrogens (tertiary/aromatic N) is 1. The van der Waals surface area contributed by atoms with Gasteiger partial charge in [0.15, 0.2) is 0 Å². The first-order valence-electron chi connectivity index (χ1n) is 5.41. The van der Waals surface area contributed by atoms with E-state index < -0.39 is 0 Å². The van der Waals surface area contributed by atoms with E-state index in [0.717, 1.165) is 11.4 Å². The summed E-state index contributed by atoms with van der Waals surface area (Å²) in [5, 5.41) is 2.79. The van der Waals surface area contributed by atoms with Crippen LogP contribution in [-0.4, -0.2) is 7.05 Å². The quantitative estimate of drug-likeness (QED) is 0.845. The van der Waals surface area contributed by atoms with E-state index in [-0.39, 0.29) is 6.04 Å². The van der Waals surface area contributed by atoms with Crippen molar-refractivity contribution in [2.24, 2.45) is 0 Å². The molecule has 0 spiro atoms. The van der Waals surface area contributed by atoms with E-state index in [1.807, 2.05) is 25.2 Å². The largest absolute Gasteiger partial charge is 0.397 e. The van der Waals surface area contributed by atoms with E-state index in [2.05, 4.69) is 29.3 Å². The van der Waals surface area contributed by atoms with Gasteiger partial charge in [-0.1, -0.05) is 17.7 Å². The predicted molar refractivity (Wildman–Crippen MR) is 77.0 cm³/mol. The fourth-order valence-electron chi connectivity index (χ4n) is 1.75. The van der Waals surface area contributed by atoms with Crippen molar-refractivity contribution in [1.29, 1.82) is 0 Å². The molecule has 2 nitrogen and oxygen atoms in total. The highest BCUT2D eigenvalue weighted by Gasteiger charge is 2.15. The van der Waals surface area contributed by atoms with Gasteiger partial charge in [0.25, 0.3) is 0 Å². The van der Waals surface area contributed by atoms with Crippen molar-refractivity contribution in [2.75, 3.05) is 17.7 Å². The van der Waals surface area contributed by atoms with Crippen molar-refractivity contribution < 1.29 is 0 Å². The van der Waals surface area contributed by atoms with Gasteiger partial charge < -0.3 is 10.6 Å². The van der Waals surface area contributed by atoms with Crippen molar-refractivity contribution in [3.8, 4) is 0 Å². The Kier molecular flexibility index (Phi) is 3.60. The monoisotopic (exact) mass is 266 g/mol. The number of benzene rings is 1. The molecule has 0 amide bonds. The Hall–Kier alpha value is -1.19. The minimum absolute atomic E-state index is 0.288. The fourth-order valence-corrected chi connectivity index (χ4v) is 2.74. The summed E-state index contributed by atoms with van der Waals surface area (Å²) in [7, 11) is 2.03. The van der Waals surface area contributed by atoms with Gasteiger partial charge in [-0.3, -0.25) is 0 Å². The minimum atomic E-state index is 0.288. The Morgan fingerprint density at radius 3 is 2.76 bits per heavy atom. The molecule has 1 aromatic heterocycles. The van der Waals surface area contributed by atoms with Gasteiger partial charge in [0, 0.05) is 16.9 Å². The summed E-state index contributed by atoms with van der Waals surface area (Å²) in [5.41, 5.74) is 7.71. The zero-order chi connectivity index (χ0) is 12.4. The van der Waals surface area contributed by atoms with E-state index in [1.165, 1.54) is 4.88 Å². The van der Waals surface area contributed by atoms with Gasteiger partial charge in [0.05, 0.1) is 17.4 Å². The molecular weight excluding hydrogens is 252 g/mol. The molecular formula is C13H15ClN2S. The molecule has 0 aliphatic heterocycles.